The van der Waals surface area contributed by atoms with E-state index in [4.69, 9.17) is 9.47 Å². The van der Waals surface area contributed by atoms with Crippen LogP contribution >= 0.6 is 0 Å². The minimum Gasteiger partial charge on any atom is -0.457 e. The maximum Gasteiger partial charge on any atom is 0.303 e. The van der Waals surface area contributed by atoms with Gasteiger partial charge in [0.1, 0.15) is 11.2 Å². The molecule has 0 aromatic carbocycles. The van der Waals surface area contributed by atoms with E-state index >= 15 is 0 Å². The van der Waals surface area contributed by atoms with Crippen molar-refractivity contribution in [2.45, 2.75) is 77.2 Å². The molecule has 33 heavy (non-hydrogen) atoms. The summed E-state index contributed by atoms with van der Waals surface area (Å²) < 4.78 is 12.5. The molecule has 1 saturated carbocycles. The molecule has 2 N–H and O–H groups in total. The highest BCUT2D eigenvalue weighted by molar-refractivity contribution is 5.99. The number of fused-ring (bicyclic) bond motifs is 1. The second kappa shape index (κ2) is 8.83. The van der Waals surface area contributed by atoms with Gasteiger partial charge in [0.15, 0.2) is 5.78 Å². The first kappa shape index (κ1) is 23.3. The third-order valence-corrected chi connectivity index (χ3v) is 6.75. The molecule has 0 amide bonds. The Balaban J connectivity index is 1.90. The lowest BCUT2D eigenvalue weighted by Gasteiger charge is -2.33. The summed E-state index contributed by atoms with van der Waals surface area (Å²) in [5.41, 5.74) is -0.380. The van der Waals surface area contributed by atoms with Crippen molar-refractivity contribution in [1.29, 1.82) is 0 Å². The van der Waals surface area contributed by atoms with Crippen molar-refractivity contribution in [3.05, 3.63) is 27.7 Å². The van der Waals surface area contributed by atoms with Gasteiger partial charge in [-0.3, -0.25) is 19.0 Å². The van der Waals surface area contributed by atoms with Crippen molar-refractivity contribution >= 4 is 28.7 Å². The number of ketones is 1. The number of ether oxygens (including phenoxy) is 2. The number of aromatic nitrogens is 3. The summed E-state index contributed by atoms with van der Waals surface area (Å²) in [7, 11) is 0. The van der Waals surface area contributed by atoms with E-state index in [0.717, 1.165) is 6.42 Å². The first-order valence-corrected chi connectivity index (χ1v) is 11.3. The number of carbonyl (C=O) groups excluding carboxylic acids is 2. The number of anilines is 1. The van der Waals surface area contributed by atoms with E-state index in [1.807, 2.05) is 6.92 Å². The van der Waals surface area contributed by atoms with Crippen LogP contribution in [0.1, 0.15) is 68.4 Å². The lowest BCUT2D eigenvalue weighted by Crippen LogP contribution is -2.43. The van der Waals surface area contributed by atoms with Crippen LogP contribution < -0.4 is 10.9 Å². The van der Waals surface area contributed by atoms with E-state index in [-0.39, 0.29) is 29.9 Å². The maximum atomic E-state index is 13.6. The van der Waals surface area contributed by atoms with E-state index in [0.29, 0.717) is 42.5 Å². The number of pyridine rings is 1. The number of aliphatic hydroxyl groups is 1. The number of hydrogen-bond donors (Lipinski definition) is 2. The first-order valence-electron chi connectivity index (χ1n) is 11.3. The summed E-state index contributed by atoms with van der Waals surface area (Å²) >= 11 is 0. The standard InChI is InChI=1S/C23H30N4O6/c1-12-15-10-24-22(25-16-7-9-32-11-17(16)30)26-20(15)27(21(31)19(12)13(2)28)18-6-5-8-23(18,4)33-14(3)29/h10,16-18,30H,5-9,11H2,1-4H3,(H,24,25,26)/t16-,17-,18-,23-/m1/s1. The van der Waals surface area contributed by atoms with E-state index in [9.17, 15) is 19.5 Å². The number of aryl methyl sites for hydroxylation is 1. The van der Waals surface area contributed by atoms with Crippen LogP contribution in [0.5, 0.6) is 0 Å². The smallest absolute Gasteiger partial charge is 0.303 e. The van der Waals surface area contributed by atoms with Gasteiger partial charge < -0.3 is 19.9 Å². The van der Waals surface area contributed by atoms with Crippen LogP contribution in [0.3, 0.4) is 0 Å². The largest absolute Gasteiger partial charge is 0.457 e. The average molecular weight is 459 g/mol. The van der Waals surface area contributed by atoms with Crippen molar-refractivity contribution in [3.8, 4) is 0 Å². The maximum absolute atomic E-state index is 13.6. The molecule has 1 aliphatic heterocycles. The minimum absolute atomic E-state index is 0.0868. The highest BCUT2D eigenvalue weighted by Gasteiger charge is 2.44. The number of aliphatic hydroxyl groups excluding tert-OH is 1. The number of esters is 1. The van der Waals surface area contributed by atoms with Gasteiger partial charge >= 0.3 is 5.97 Å². The lowest BCUT2D eigenvalue weighted by atomic mass is 9.97. The van der Waals surface area contributed by atoms with Gasteiger partial charge in [-0.1, -0.05) is 0 Å². The molecule has 1 aliphatic carbocycles. The number of rotatable bonds is 5. The SMILES string of the molecule is CC(=O)O[C@]1(C)CCC[C@H]1n1c(=O)c(C(C)=O)c(C)c2cnc(N[C@@H]3CCOC[C@H]3O)nc21. The fraction of sp³-hybridized carbons (Fsp3) is 0.609. The number of Topliss-reactive ketones (excluding diaryl/α,β-unsaturated/α-hetero) is 1. The zero-order valence-corrected chi connectivity index (χ0v) is 19.4. The van der Waals surface area contributed by atoms with E-state index in [2.05, 4.69) is 15.3 Å². The van der Waals surface area contributed by atoms with Crippen molar-refractivity contribution in [3.63, 3.8) is 0 Å². The van der Waals surface area contributed by atoms with Crippen LogP contribution in [-0.2, 0) is 14.3 Å². The van der Waals surface area contributed by atoms with Crippen molar-refractivity contribution in [1.82, 2.24) is 14.5 Å². The molecule has 2 aromatic rings. The molecule has 4 rings (SSSR count). The van der Waals surface area contributed by atoms with Crippen LogP contribution in [0.2, 0.25) is 0 Å². The van der Waals surface area contributed by atoms with E-state index in [1.54, 1.807) is 13.1 Å². The average Bonchev–Trinajstić information content (AvgIpc) is 3.09. The molecule has 4 atom stereocenters. The van der Waals surface area contributed by atoms with Crippen LogP contribution in [0.15, 0.2) is 11.0 Å². The summed E-state index contributed by atoms with van der Waals surface area (Å²) in [5, 5.41) is 14.0. The van der Waals surface area contributed by atoms with Gasteiger partial charge in [-0.15, -0.1) is 0 Å². The monoisotopic (exact) mass is 458 g/mol. The quantitative estimate of drug-likeness (QED) is 0.509. The topological polar surface area (TPSA) is 133 Å². The molecule has 2 aromatic heterocycles. The van der Waals surface area contributed by atoms with Gasteiger partial charge in [-0.25, -0.2) is 4.98 Å². The number of nitrogens with one attached hydrogen (secondary N) is 1. The second-order valence-electron chi connectivity index (χ2n) is 9.16. The Morgan fingerprint density at radius 3 is 2.76 bits per heavy atom. The third-order valence-electron chi connectivity index (χ3n) is 6.75. The highest BCUT2D eigenvalue weighted by atomic mass is 16.6. The molecule has 1 saturated heterocycles. The second-order valence-corrected chi connectivity index (χ2v) is 9.16. The molecule has 0 radical (unpaired) electrons. The fourth-order valence-electron chi connectivity index (χ4n) is 5.13. The third kappa shape index (κ3) is 4.24. The first-order chi connectivity index (χ1) is 15.6. The van der Waals surface area contributed by atoms with Crippen molar-refractivity contribution < 1.29 is 24.2 Å². The summed E-state index contributed by atoms with van der Waals surface area (Å²) in [5.74, 6) is -0.497. The molecule has 0 unspecified atom stereocenters. The van der Waals surface area contributed by atoms with Crippen molar-refractivity contribution in [2.75, 3.05) is 18.5 Å². The van der Waals surface area contributed by atoms with Crippen LogP contribution in [-0.4, -0.2) is 62.4 Å². The molecule has 2 fully saturated rings. The molecule has 3 heterocycles. The zero-order chi connectivity index (χ0) is 23.9. The highest BCUT2D eigenvalue weighted by Crippen LogP contribution is 2.42. The van der Waals surface area contributed by atoms with Gasteiger partial charge in [0.25, 0.3) is 5.56 Å². The van der Waals surface area contributed by atoms with Gasteiger partial charge in [0.05, 0.1) is 30.4 Å². The van der Waals surface area contributed by atoms with E-state index in [1.165, 1.54) is 18.4 Å². The summed E-state index contributed by atoms with van der Waals surface area (Å²) in [6.07, 6.45) is 3.43. The Morgan fingerprint density at radius 1 is 1.33 bits per heavy atom. The Morgan fingerprint density at radius 2 is 2.09 bits per heavy atom. The molecule has 2 aliphatic rings. The zero-order valence-electron chi connectivity index (χ0n) is 19.4. The lowest BCUT2D eigenvalue weighted by molar-refractivity contribution is -0.158. The van der Waals surface area contributed by atoms with Crippen LogP contribution in [0.25, 0.3) is 11.0 Å². The Hall–Kier alpha value is -2.85. The Kier molecular flexibility index (Phi) is 6.24. The molecule has 10 heteroatoms. The van der Waals surface area contributed by atoms with Crippen LogP contribution in [0, 0.1) is 6.92 Å². The van der Waals surface area contributed by atoms with Gasteiger partial charge in [0, 0.05) is 25.1 Å². The molecule has 178 valence electrons. The Bertz CT molecular complexity index is 1160. The number of hydrogen-bond acceptors (Lipinski definition) is 9. The molecule has 0 spiro atoms. The number of nitrogens with zero attached hydrogens (tertiary/aromatic N) is 3. The predicted molar refractivity (Wildman–Crippen MR) is 120 cm³/mol. The minimum atomic E-state index is -0.901. The van der Waals surface area contributed by atoms with E-state index < -0.39 is 29.3 Å². The van der Waals surface area contributed by atoms with Gasteiger partial charge in [-0.2, -0.15) is 4.98 Å². The summed E-state index contributed by atoms with van der Waals surface area (Å²) in [6.45, 7) is 6.97. The van der Waals surface area contributed by atoms with Gasteiger partial charge in [0.2, 0.25) is 5.95 Å². The summed E-state index contributed by atoms with van der Waals surface area (Å²) in [4.78, 5) is 46.9. The normalized spacial score (nSPS) is 27.5. The molecular weight excluding hydrogens is 428 g/mol. The van der Waals surface area contributed by atoms with Crippen LogP contribution in [0.4, 0.5) is 5.95 Å². The Labute approximate surface area is 191 Å². The number of carbonyl (C=O) groups is 2. The fourth-order valence-corrected chi connectivity index (χ4v) is 5.13. The predicted octanol–water partition coefficient (Wildman–Crippen LogP) is 1.91. The molecule has 0 bridgehead atoms. The van der Waals surface area contributed by atoms with Gasteiger partial charge in [-0.05, 0) is 52.0 Å². The molecule has 10 nitrogen and oxygen atoms in total. The van der Waals surface area contributed by atoms with Crippen molar-refractivity contribution in [2.24, 2.45) is 0 Å². The molecular formula is C23H30N4O6. The summed E-state index contributed by atoms with van der Waals surface area (Å²) in [6, 6.07) is -0.765.